The molecule has 1 saturated heterocycles. The van der Waals surface area contributed by atoms with Crippen LogP contribution in [0.25, 0.3) is 11.3 Å². The van der Waals surface area contributed by atoms with Gasteiger partial charge in [0.15, 0.2) is 5.76 Å². The molecule has 0 unspecified atom stereocenters. The lowest BCUT2D eigenvalue weighted by atomic mass is 10.0. The summed E-state index contributed by atoms with van der Waals surface area (Å²) < 4.78 is 57.7. The fraction of sp³-hybridized carbons (Fsp3) is 0.304. The van der Waals surface area contributed by atoms with Crippen molar-refractivity contribution in [3.63, 3.8) is 0 Å². The second-order valence-electron chi connectivity index (χ2n) is 7.78. The average molecular weight is 463 g/mol. The maximum Gasteiger partial charge on any atom is 0.416 e. The molecule has 0 saturated carbocycles. The molecule has 1 atom stereocenters. The first-order valence-corrected chi connectivity index (χ1v) is 10.3. The summed E-state index contributed by atoms with van der Waals surface area (Å²) in [5, 5.41) is 14.0. The van der Waals surface area contributed by atoms with Crippen LogP contribution in [-0.4, -0.2) is 47.2 Å². The van der Waals surface area contributed by atoms with Gasteiger partial charge in [0.2, 0.25) is 0 Å². The number of aliphatic hydroxyl groups is 1. The van der Waals surface area contributed by atoms with Gasteiger partial charge in [-0.3, -0.25) is 4.79 Å². The van der Waals surface area contributed by atoms with Crippen LogP contribution < -0.4 is 4.90 Å². The van der Waals surface area contributed by atoms with Crippen molar-refractivity contribution in [3.05, 3.63) is 71.2 Å². The quantitative estimate of drug-likeness (QED) is 0.577. The van der Waals surface area contributed by atoms with Crippen molar-refractivity contribution in [2.45, 2.75) is 19.2 Å². The predicted molar refractivity (Wildman–Crippen MR) is 112 cm³/mol. The second kappa shape index (κ2) is 8.86. The van der Waals surface area contributed by atoms with Crippen LogP contribution in [0.4, 0.5) is 23.2 Å². The lowest BCUT2D eigenvalue weighted by Gasteiger charge is -2.36. The third kappa shape index (κ3) is 4.70. The van der Waals surface area contributed by atoms with Gasteiger partial charge in [0.25, 0.3) is 5.91 Å². The standard InChI is InChI=1S/C23H21F4N3O3/c1-14(31)21-19(20(28-33-21)15-5-7-17(24)8-6-15)22(32)30-11-9-29(10-12-30)18-4-2-3-16(13-18)23(25,26)27/h2-8,13-14,31H,9-12H2,1H3/t14-/m0/s1. The van der Waals surface area contributed by atoms with E-state index in [0.717, 1.165) is 12.1 Å². The van der Waals surface area contributed by atoms with E-state index in [9.17, 15) is 27.5 Å². The highest BCUT2D eigenvalue weighted by atomic mass is 19.4. The Labute approximate surface area is 187 Å². The van der Waals surface area contributed by atoms with Gasteiger partial charge in [-0.05, 0) is 49.4 Å². The number of hydrogen-bond acceptors (Lipinski definition) is 5. The number of nitrogens with zero attached hydrogens (tertiary/aromatic N) is 3. The fourth-order valence-electron chi connectivity index (χ4n) is 3.80. The molecule has 1 aliphatic heterocycles. The number of anilines is 1. The Bertz CT molecular complexity index is 1130. The normalized spacial score (nSPS) is 15.6. The van der Waals surface area contributed by atoms with E-state index in [0.29, 0.717) is 24.3 Å². The van der Waals surface area contributed by atoms with E-state index in [1.807, 2.05) is 0 Å². The van der Waals surface area contributed by atoms with Gasteiger partial charge < -0.3 is 19.4 Å². The summed E-state index contributed by atoms with van der Waals surface area (Å²) in [6.45, 7) is 2.60. The van der Waals surface area contributed by atoms with E-state index in [4.69, 9.17) is 4.52 Å². The zero-order valence-corrected chi connectivity index (χ0v) is 17.6. The van der Waals surface area contributed by atoms with Gasteiger partial charge in [0.05, 0.1) is 5.56 Å². The van der Waals surface area contributed by atoms with Crippen LogP contribution in [0, 0.1) is 5.82 Å². The smallest absolute Gasteiger partial charge is 0.385 e. The third-order valence-corrected chi connectivity index (χ3v) is 5.53. The first-order chi connectivity index (χ1) is 15.6. The van der Waals surface area contributed by atoms with Gasteiger partial charge in [-0.2, -0.15) is 13.2 Å². The van der Waals surface area contributed by atoms with Gasteiger partial charge in [0, 0.05) is 37.4 Å². The SMILES string of the molecule is C[C@H](O)c1onc(-c2ccc(F)cc2)c1C(=O)N1CCN(c2cccc(C(F)(F)F)c2)CC1. The maximum atomic E-state index is 13.3. The summed E-state index contributed by atoms with van der Waals surface area (Å²) in [4.78, 5) is 16.7. The van der Waals surface area contributed by atoms with Crippen molar-refractivity contribution in [3.8, 4) is 11.3 Å². The number of carbonyl (C=O) groups is 1. The number of alkyl halides is 3. The molecule has 0 spiro atoms. The van der Waals surface area contributed by atoms with Crippen LogP contribution in [0.3, 0.4) is 0 Å². The Hall–Kier alpha value is -3.40. The Morgan fingerprint density at radius 2 is 1.76 bits per heavy atom. The molecule has 2 aromatic carbocycles. The molecule has 0 aliphatic carbocycles. The highest BCUT2D eigenvalue weighted by Crippen LogP contribution is 2.33. The van der Waals surface area contributed by atoms with E-state index >= 15 is 0 Å². The summed E-state index contributed by atoms with van der Waals surface area (Å²) in [6, 6.07) is 10.5. The molecule has 0 bridgehead atoms. The molecule has 0 radical (unpaired) electrons. The minimum absolute atomic E-state index is 0.000340. The number of benzene rings is 2. The monoisotopic (exact) mass is 463 g/mol. The van der Waals surface area contributed by atoms with Crippen molar-refractivity contribution in [2.75, 3.05) is 31.1 Å². The third-order valence-electron chi connectivity index (χ3n) is 5.53. The number of aromatic nitrogens is 1. The maximum absolute atomic E-state index is 13.3. The summed E-state index contributed by atoms with van der Waals surface area (Å²) in [6.07, 6.45) is -5.53. The van der Waals surface area contributed by atoms with Crippen molar-refractivity contribution in [1.82, 2.24) is 10.1 Å². The molecule has 174 valence electrons. The van der Waals surface area contributed by atoms with E-state index in [1.54, 1.807) is 11.0 Å². The van der Waals surface area contributed by atoms with E-state index in [2.05, 4.69) is 5.16 Å². The molecular formula is C23H21F4N3O3. The summed E-state index contributed by atoms with van der Waals surface area (Å²) in [7, 11) is 0. The minimum Gasteiger partial charge on any atom is -0.385 e. The Morgan fingerprint density at radius 3 is 2.36 bits per heavy atom. The minimum atomic E-state index is -4.43. The average Bonchev–Trinajstić information content (AvgIpc) is 3.24. The molecule has 6 nitrogen and oxygen atoms in total. The number of amides is 1. The molecule has 33 heavy (non-hydrogen) atoms. The van der Waals surface area contributed by atoms with Gasteiger partial charge in [-0.15, -0.1) is 0 Å². The first kappa shape index (κ1) is 22.8. The lowest BCUT2D eigenvalue weighted by molar-refractivity contribution is -0.137. The van der Waals surface area contributed by atoms with E-state index in [1.165, 1.54) is 42.2 Å². The number of piperazine rings is 1. The molecule has 2 heterocycles. The van der Waals surface area contributed by atoms with Gasteiger partial charge in [-0.1, -0.05) is 11.2 Å². The predicted octanol–water partition coefficient (Wildman–Crippen LogP) is 4.52. The summed E-state index contributed by atoms with van der Waals surface area (Å²) in [5.41, 5.74) is 0.436. The number of hydrogen-bond donors (Lipinski definition) is 1. The number of rotatable bonds is 4. The number of halogens is 4. The molecule has 1 aliphatic rings. The molecule has 1 aromatic heterocycles. The number of aliphatic hydroxyl groups excluding tert-OH is 1. The van der Waals surface area contributed by atoms with Crippen molar-refractivity contribution < 1.29 is 32.0 Å². The van der Waals surface area contributed by atoms with Gasteiger partial charge in [0.1, 0.15) is 23.2 Å². The number of carbonyl (C=O) groups excluding carboxylic acids is 1. The molecule has 1 amide bonds. The van der Waals surface area contributed by atoms with Crippen LogP contribution in [-0.2, 0) is 6.18 Å². The molecule has 1 N–H and O–H groups in total. The first-order valence-electron chi connectivity index (χ1n) is 10.3. The summed E-state index contributed by atoms with van der Waals surface area (Å²) >= 11 is 0. The molecule has 4 rings (SSSR count). The van der Waals surface area contributed by atoms with E-state index < -0.39 is 29.6 Å². The van der Waals surface area contributed by atoms with Gasteiger partial charge in [-0.25, -0.2) is 4.39 Å². The Morgan fingerprint density at radius 1 is 1.09 bits per heavy atom. The second-order valence-corrected chi connectivity index (χ2v) is 7.78. The van der Waals surface area contributed by atoms with Crippen LogP contribution in [0.1, 0.15) is 34.7 Å². The lowest BCUT2D eigenvalue weighted by Crippen LogP contribution is -2.49. The van der Waals surface area contributed by atoms with Crippen LogP contribution in [0.15, 0.2) is 53.1 Å². The van der Waals surface area contributed by atoms with Crippen molar-refractivity contribution >= 4 is 11.6 Å². The van der Waals surface area contributed by atoms with Crippen molar-refractivity contribution in [1.29, 1.82) is 0 Å². The fourth-order valence-corrected chi connectivity index (χ4v) is 3.80. The highest BCUT2D eigenvalue weighted by Gasteiger charge is 2.33. The Kier molecular flexibility index (Phi) is 6.11. The van der Waals surface area contributed by atoms with Crippen LogP contribution in [0.2, 0.25) is 0 Å². The van der Waals surface area contributed by atoms with E-state index in [-0.39, 0.29) is 30.1 Å². The van der Waals surface area contributed by atoms with Crippen LogP contribution in [0.5, 0.6) is 0 Å². The largest absolute Gasteiger partial charge is 0.416 e. The highest BCUT2D eigenvalue weighted by molar-refractivity contribution is 6.01. The molecule has 10 heteroatoms. The topological polar surface area (TPSA) is 69.8 Å². The zero-order chi connectivity index (χ0) is 23.8. The van der Waals surface area contributed by atoms with Gasteiger partial charge >= 0.3 is 6.18 Å². The van der Waals surface area contributed by atoms with Crippen molar-refractivity contribution in [2.24, 2.45) is 0 Å². The molecule has 1 fully saturated rings. The zero-order valence-electron chi connectivity index (χ0n) is 17.6. The van der Waals surface area contributed by atoms with Crippen LogP contribution >= 0.6 is 0 Å². The molecular weight excluding hydrogens is 442 g/mol. The Balaban J connectivity index is 1.55. The summed E-state index contributed by atoms with van der Waals surface area (Å²) in [5.74, 6) is -0.869. The molecule has 3 aromatic rings.